The molecule has 1 N–H and O–H groups in total. The lowest BCUT2D eigenvalue weighted by Crippen LogP contribution is -2.56. The van der Waals surface area contributed by atoms with Gasteiger partial charge < -0.3 is 15.0 Å². The van der Waals surface area contributed by atoms with Gasteiger partial charge in [0.15, 0.2) is 0 Å². The Kier molecular flexibility index (Phi) is 6.32. The number of aliphatic hydroxyl groups is 1. The quantitative estimate of drug-likeness (QED) is 0.518. The molecule has 3 aromatic rings. The van der Waals surface area contributed by atoms with E-state index in [2.05, 4.69) is 15.9 Å². The van der Waals surface area contributed by atoms with Gasteiger partial charge in [-0.15, -0.1) is 0 Å². The van der Waals surface area contributed by atoms with Crippen LogP contribution >= 0.6 is 26.4 Å². The molecule has 0 saturated carbocycles. The van der Waals surface area contributed by atoms with Crippen molar-refractivity contribution in [2.75, 3.05) is 0 Å². The molecule has 0 aliphatic heterocycles. The predicted octanol–water partition coefficient (Wildman–Crippen LogP) is 2.96. The SMILES string of the molecule is Cc1c(Br)[s+](C(C)(C)C)c2c1c(=O)n(C(C)(C)C(=O)[O-])c(=O)n2C[C@@H](O)c1ccccc1. The van der Waals surface area contributed by atoms with Gasteiger partial charge in [-0.25, -0.2) is 13.9 Å². The second-order valence-electron chi connectivity index (χ2n) is 9.30. The Labute approximate surface area is 197 Å². The second kappa shape index (κ2) is 8.28. The van der Waals surface area contributed by atoms with E-state index in [0.29, 0.717) is 21.3 Å². The van der Waals surface area contributed by atoms with Gasteiger partial charge in [0.05, 0.1) is 24.2 Å². The van der Waals surface area contributed by atoms with Crippen molar-refractivity contribution in [1.29, 1.82) is 0 Å². The monoisotopic (exact) mass is 522 g/mol. The summed E-state index contributed by atoms with van der Waals surface area (Å²) in [6.07, 6.45) is -1.03. The number of nitrogens with zero attached hydrogens (tertiary/aromatic N) is 2. The van der Waals surface area contributed by atoms with Crippen LogP contribution in [0, 0.1) is 6.92 Å². The normalized spacial score (nSPS) is 14.1. The summed E-state index contributed by atoms with van der Waals surface area (Å²) in [7, 11) is -0.673. The molecule has 9 heteroatoms. The molecule has 0 radical (unpaired) electrons. The first-order valence-electron chi connectivity index (χ1n) is 10.2. The molecule has 0 bridgehead atoms. The van der Waals surface area contributed by atoms with Crippen LogP contribution in [0.1, 0.15) is 51.8 Å². The van der Waals surface area contributed by atoms with Gasteiger partial charge in [-0.1, -0.05) is 30.3 Å². The number of hydrogen-bond acceptors (Lipinski definition) is 5. The van der Waals surface area contributed by atoms with Crippen molar-refractivity contribution in [2.24, 2.45) is 0 Å². The lowest BCUT2D eigenvalue weighted by atomic mass is 10.1. The fourth-order valence-corrected chi connectivity index (χ4v) is 8.39. The summed E-state index contributed by atoms with van der Waals surface area (Å²) >= 11 is 3.63. The highest BCUT2D eigenvalue weighted by Gasteiger charge is 2.40. The first-order chi connectivity index (χ1) is 14.7. The van der Waals surface area contributed by atoms with Crippen molar-refractivity contribution in [3.63, 3.8) is 0 Å². The average molecular weight is 523 g/mol. The van der Waals surface area contributed by atoms with Crippen molar-refractivity contribution in [3.05, 3.63) is 66.1 Å². The van der Waals surface area contributed by atoms with Crippen LogP contribution < -0.4 is 16.4 Å². The van der Waals surface area contributed by atoms with Gasteiger partial charge in [0.1, 0.15) is 10.1 Å². The number of aliphatic hydroxyl groups excluding tert-OH is 1. The molecule has 0 aliphatic carbocycles. The maximum absolute atomic E-state index is 13.6. The van der Waals surface area contributed by atoms with Crippen LogP contribution in [0.5, 0.6) is 0 Å². The molecule has 1 aromatic carbocycles. The molecule has 2 atom stereocenters. The third kappa shape index (κ3) is 3.86. The van der Waals surface area contributed by atoms with Crippen molar-refractivity contribution in [3.8, 4) is 0 Å². The van der Waals surface area contributed by atoms with Gasteiger partial charge in [-0.05, 0) is 47.1 Å². The van der Waals surface area contributed by atoms with Gasteiger partial charge in [-0.3, -0.25) is 4.79 Å². The van der Waals surface area contributed by atoms with Crippen LogP contribution in [0.4, 0.5) is 0 Å². The van der Waals surface area contributed by atoms with Gasteiger partial charge in [-0.2, -0.15) is 0 Å². The summed E-state index contributed by atoms with van der Waals surface area (Å²) in [6.45, 7) is 10.2. The first kappa shape index (κ1) is 24.4. The van der Waals surface area contributed by atoms with Crippen molar-refractivity contribution < 1.29 is 15.0 Å². The van der Waals surface area contributed by atoms with Gasteiger partial charge in [0.2, 0.25) is 3.79 Å². The third-order valence-electron chi connectivity index (χ3n) is 5.55. The van der Waals surface area contributed by atoms with Crippen LogP contribution in [-0.2, 0) is 21.6 Å². The number of carbonyl (C=O) groups excluding carboxylic acids is 1. The van der Waals surface area contributed by atoms with E-state index >= 15 is 0 Å². The number of benzene rings is 1. The number of rotatable bonds is 5. The molecular weight excluding hydrogens is 496 g/mol. The topological polar surface area (TPSA) is 104 Å². The van der Waals surface area contributed by atoms with E-state index in [1.54, 1.807) is 31.2 Å². The molecule has 0 saturated heterocycles. The second-order valence-corrected chi connectivity index (χ2v) is 13.3. The van der Waals surface area contributed by atoms with Crippen LogP contribution in [0.15, 0.2) is 43.7 Å². The Balaban J connectivity index is 2.50. The molecule has 0 fully saturated rings. The van der Waals surface area contributed by atoms with E-state index in [0.717, 1.165) is 8.35 Å². The summed E-state index contributed by atoms with van der Waals surface area (Å²) in [5, 5.41) is 23.1. The lowest BCUT2D eigenvalue weighted by Gasteiger charge is -2.28. The minimum atomic E-state index is -1.88. The number of aromatic nitrogens is 2. The number of thiophene rings is 1. The largest absolute Gasteiger partial charge is 0.548 e. The number of aryl methyl sites for hydroxylation is 1. The third-order valence-corrected chi connectivity index (χ3v) is 9.82. The van der Waals surface area contributed by atoms with Crippen LogP contribution in [0.2, 0.25) is 0 Å². The number of carboxylic acid groups (broad SMARTS) is 1. The van der Waals surface area contributed by atoms with Crippen molar-refractivity contribution in [1.82, 2.24) is 9.13 Å². The van der Waals surface area contributed by atoms with Crippen LogP contribution in [-0.4, -0.2) is 20.2 Å². The fourth-order valence-electron chi connectivity index (χ4n) is 3.76. The van der Waals surface area contributed by atoms with Crippen molar-refractivity contribution in [2.45, 2.75) is 64.5 Å². The van der Waals surface area contributed by atoms with E-state index in [4.69, 9.17) is 0 Å². The molecule has 172 valence electrons. The van der Waals surface area contributed by atoms with Gasteiger partial charge >= 0.3 is 5.69 Å². The van der Waals surface area contributed by atoms with E-state index in [1.807, 2.05) is 26.8 Å². The molecule has 0 aliphatic rings. The maximum atomic E-state index is 13.6. The minimum Gasteiger partial charge on any atom is -0.548 e. The zero-order valence-corrected chi connectivity index (χ0v) is 21.3. The highest BCUT2D eigenvalue weighted by Crippen LogP contribution is 2.51. The Bertz CT molecular complexity index is 1310. The highest BCUT2D eigenvalue weighted by molar-refractivity contribution is 9.11. The molecule has 7 nitrogen and oxygen atoms in total. The van der Waals surface area contributed by atoms with E-state index in [-0.39, 0.29) is 11.3 Å². The lowest BCUT2D eigenvalue weighted by molar-refractivity contribution is -0.316. The molecule has 2 heterocycles. The van der Waals surface area contributed by atoms with Gasteiger partial charge in [0.25, 0.3) is 10.4 Å². The van der Waals surface area contributed by atoms with E-state index < -0.39 is 39.3 Å². The van der Waals surface area contributed by atoms with E-state index in [1.165, 1.54) is 18.4 Å². The van der Waals surface area contributed by atoms with Crippen molar-refractivity contribution >= 4 is 42.6 Å². The maximum Gasteiger partial charge on any atom is 0.336 e. The number of aliphatic carboxylic acids is 1. The zero-order chi connectivity index (χ0) is 24.2. The smallest absolute Gasteiger partial charge is 0.336 e. The van der Waals surface area contributed by atoms with Crippen LogP contribution in [0.25, 0.3) is 10.2 Å². The first-order valence-corrected chi connectivity index (χ1v) is 12.2. The van der Waals surface area contributed by atoms with Crippen LogP contribution in [0.3, 0.4) is 0 Å². The summed E-state index contributed by atoms with van der Waals surface area (Å²) in [5.74, 6) is -1.54. The summed E-state index contributed by atoms with van der Waals surface area (Å²) in [6, 6.07) is 8.89. The number of carboxylic acids is 1. The minimum absolute atomic E-state index is 0.123. The van der Waals surface area contributed by atoms with E-state index in [9.17, 15) is 24.6 Å². The molecule has 1 unspecified atom stereocenters. The Morgan fingerprint density at radius 3 is 2.22 bits per heavy atom. The highest BCUT2D eigenvalue weighted by atomic mass is 79.9. The number of hydrogen-bond donors (Lipinski definition) is 1. The molecule has 3 rings (SSSR count). The summed E-state index contributed by atoms with van der Waals surface area (Å²) in [4.78, 5) is 39.5. The Hall–Kier alpha value is -2.23. The standard InChI is InChI=1S/C23H27BrN2O5S/c1-13-16-18(28)26(23(5,6)20(29)30)21(31)25(12-15(27)14-10-8-7-9-11-14)19(16)32(17(13)24)22(2,3)4/h7-11,15,27H,12H2,1-6H3/t15-,32?/m1/s1. The molecule has 2 aromatic heterocycles. The van der Waals surface area contributed by atoms with Gasteiger partial charge in [0, 0.05) is 32.0 Å². The Morgan fingerprint density at radius 2 is 1.72 bits per heavy atom. The summed E-state index contributed by atoms with van der Waals surface area (Å²) < 4.78 is 2.56. The average Bonchev–Trinajstić information content (AvgIpc) is 2.96. The predicted molar refractivity (Wildman–Crippen MR) is 128 cm³/mol. The number of halogens is 1. The molecule has 32 heavy (non-hydrogen) atoms. The Morgan fingerprint density at radius 1 is 1.16 bits per heavy atom. The summed E-state index contributed by atoms with van der Waals surface area (Å²) in [5.41, 5.74) is -2.05. The molecule has 0 amide bonds. The number of fused-ring (bicyclic) bond motifs is 1. The number of carbonyl (C=O) groups is 1. The molecular formula is C23H27BrN2O5S. The molecule has 0 spiro atoms. The fraction of sp³-hybridized carbons (Fsp3) is 0.435. The zero-order valence-electron chi connectivity index (χ0n) is 18.9.